The molecule has 2 aromatic heterocycles. The SMILES string of the molecule is Cc1ccc2ncc(C(=O)Nc3ccc(S(=O)(=O)NC4CCS(=O)(=O)C4)cc3)n2c1. The smallest absolute Gasteiger partial charge is 0.274 e. The van der Waals surface area contributed by atoms with Gasteiger partial charge in [-0.05, 0) is 49.2 Å². The number of carbonyl (C=O) groups is 1. The van der Waals surface area contributed by atoms with Crippen molar-refractivity contribution < 1.29 is 21.6 Å². The van der Waals surface area contributed by atoms with Gasteiger partial charge in [-0.1, -0.05) is 6.07 Å². The van der Waals surface area contributed by atoms with Gasteiger partial charge in [0, 0.05) is 17.9 Å². The lowest BCUT2D eigenvalue weighted by molar-refractivity contribution is 0.102. The molecule has 1 amide bonds. The Hall–Kier alpha value is -2.76. The van der Waals surface area contributed by atoms with Gasteiger partial charge in [0.2, 0.25) is 10.0 Å². The molecule has 0 aliphatic carbocycles. The molecule has 0 radical (unpaired) electrons. The Morgan fingerprint density at radius 2 is 1.90 bits per heavy atom. The molecule has 3 aromatic rings. The first-order valence-corrected chi connectivity index (χ1v) is 12.5. The van der Waals surface area contributed by atoms with E-state index in [1.54, 1.807) is 4.40 Å². The number of sulfonamides is 1. The molecule has 11 heteroatoms. The minimum absolute atomic E-state index is 0.00442. The van der Waals surface area contributed by atoms with Crippen LogP contribution in [0.2, 0.25) is 0 Å². The lowest BCUT2D eigenvalue weighted by atomic mass is 10.3. The van der Waals surface area contributed by atoms with Crippen molar-refractivity contribution in [1.29, 1.82) is 0 Å². The van der Waals surface area contributed by atoms with Gasteiger partial charge in [-0.25, -0.2) is 26.5 Å². The third kappa shape index (κ3) is 4.23. The Kier molecular flexibility index (Phi) is 5.12. The minimum Gasteiger partial charge on any atom is -0.321 e. The zero-order valence-electron chi connectivity index (χ0n) is 16.1. The second-order valence-corrected chi connectivity index (χ2v) is 11.2. The van der Waals surface area contributed by atoms with E-state index in [-0.39, 0.29) is 28.7 Å². The molecular weight excluding hydrogens is 428 g/mol. The fourth-order valence-electron chi connectivity index (χ4n) is 3.34. The molecule has 9 nitrogen and oxygen atoms in total. The summed E-state index contributed by atoms with van der Waals surface area (Å²) in [6.07, 6.45) is 3.54. The molecule has 2 N–H and O–H groups in total. The van der Waals surface area contributed by atoms with Crippen LogP contribution in [0.3, 0.4) is 0 Å². The van der Waals surface area contributed by atoms with Crippen molar-refractivity contribution in [2.45, 2.75) is 24.3 Å². The van der Waals surface area contributed by atoms with Gasteiger partial charge >= 0.3 is 0 Å². The molecule has 0 bridgehead atoms. The Morgan fingerprint density at radius 1 is 1.17 bits per heavy atom. The quantitative estimate of drug-likeness (QED) is 0.607. The number of anilines is 1. The zero-order chi connectivity index (χ0) is 21.5. The van der Waals surface area contributed by atoms with Gasteiger partial charge in [-0.2, -0.15) is 0 Å². The van der Waals surface area contributed by atoms with Crippen LogP contribution in [0.15, 0.2) is 53.7 Å². The number of nitrogens with one attached hydrogen (secondary N) is 2. The lowest BCUT2D eigenvalue weighted by Crippen LogP contribution is -2.35. The topological polar surface area (TPSA) is 127 Å². The van der Waals surface area contributed by atoms with E-state index in [2.05, 4.69) is 15.0 Å². The van der Waals surface area contributed by atoms with Crippen molar-refractivity contribution >= 4 is 37.1 Å². The number of rotatable bonds is 5. The number of nitrogens with zero attached hydrogens (tertiary/aromatic N) is 2. The third-order valence-electron chi connectivity index (χ3n) is 4.86. The van der Waals surface area contributed by atoms with Crippen LogP contribution in [0.25, 0.3) is 5.65 Å². The Morgan fingerprint density at radius 3 is 2.57 bits per heavy atom. The maximum absolute atomic E-state index is 12.6. The van der Waals surface area contributed by atoms with Gasteiger partial charge in [-0.15, -0.1) is 0 Å². The number of carbonyl (C=O) groups excluding carboxylic acids is 1. The van der Waals surface area contributed by atoms with Crippen LogP contribution in [-0.2, 0) is 19.9 Å². The summed E-state index contributed by atoms with van der Waals surface area (Å²) in [7, 11) is -7.05. The summed E-state index contributed by atoms with van der Waals surface area (Å²) in [6, 6.07) is 8.77. The van der Waals surface area contributed by atoms with Crippen molar-refractivity contribution in [3.8, 4) is 0 Å². The second kappa shape index (κ2) is 7.49. The van der Waals surface area contributed by atoms with E-state index in [1.807, 2.05) is 25.3 Å². The highest BCUT2D eigenvalue weighted by atomic mass is 32.2. The van der Waals surface area contributed by atoms with Crippen LogP contribution >= 0.6 is 0 Å². The molecule has 0 saturated carbocycles. The van der Waals surface area contributed by atoms with Crippen LogP contribution in [-0.4, -0.2) is 49.7 Å². The standard InChI is InChI=1S/C19H20N4O5S2/c1-13-2-7-18-20-10-17(23(18)11-13)19(24)21-14-3-5-16(6-4-14)30(27,28)22-15-8-9-29(25,26)12-15/h2-7,10-11,15,22H,8-9,12H2,1H3,(H,21,24). The highest BCUT2D eigenvalue weighted by molar-refractivity contribution is 7.92. The average Bonchev–Trinajstić information content (AvgIpc) is 3.24. The number of amides is 1. The number of pyridine rings is 1. The molecule has 1 aliphatic heterocycles. The highest BCUT2D eigenvalue weighted by Gasteiger charge is 2.31. The maximum atomic E-state index is 12.6. The number of sulfone groups is 1. The van der Waals surface area contributed by atoms with Crippen LogP contribution in [0.1, 0.15) is 22.5 Å². The molecular formula is C19H20N4O5S2. The monoisotopic (exact) mass is 448 g/mol. The normalized spacial score (nSPS) is 18.5. The second-order valence-electron chi connectivity index (χ2n) is 7.28. The molecule has 0 spiro atoms. The van der Waals surface area contributed by atoms with Gasteiger partial charge in [0.25, 0.3) is 5.91 Å². The van der Waals surface area contributed by atoms with Crippen LogP contribution in [0.4, 0.5) is 5.69 Å². The molecule has 4 rings (SSSR count). The van der Waals surface area contributed by atoms with E-state index in [0.29, 0.717) is 17.0 Å². The molecule has 1 saturated heterocycles. The molecule has 1 unspecified atom stereocenters. The van der Waals surface area contributed by atoms with Crippen molar-refractivity contribution in [1.82, 2.24) is 14.1 Å². The molecule has 30 heavy (non-hydrogen) atoms. The largest absolute Gasteiger partial charge is 0.321 e. The van der Waals surface area contributed by atoms with Gasteiger partial charge in [-0.3, -0.25) is 9.20 Å². The van der Waals surface area contributed by atoms with Crippen LogP contribution < -0.4 is 10.0 Å². The van der Waals surface area contributed by atoms with Gasteiger partial charge in [0.15, 0.2) is 9.84 Å². The van der Waals surface area contributed by atoms with E-state index in [4.69, 9.17) is 0 Å². The average molecular weight is 449 g/mol. The van der Waals surface area contributed by atoms with E-state index in [0.717, 1.165) is 5.56 Å². The number of benzene rings is 1. The minimum atomic E-state index is -3.86. The first-order chi connectivity index (χ1) is 14.1. The molecule has 1 aromatic carbocycles. The van der Waals surface area contributed by atoms with Crippen molar-refractivity contribution in [2.24, 2.45) is 0 Å². The Balaban J connectivity index is 1.48. The van der Waals surface area contributed by atoms with Crippen molar-refractivity contribution in [2.75, 3.05) is 16.8 Å². The number of hydrogen-bond donors (Lipinski definition) is 2. The van der Waals surface area contributed by atoms with Crippen molar-refractivity contribution in [3.63, 3.8) is 0 Å². The fraction of sp³-hybridized carbons (Fsp3) is 0.263. The first kappa shape index (κ1) is 20.5. The highest BCUT2D eigenvalue weighted by Crippen LogP contribution is 2.19. The summed E-state index contributed by atoms with van der Waals surface area (Å²) in [4.78, 5) is 16.8. The lowest BCUT2D eigenvalue weighted by Gasteiger charge is -2.12. The number of aromatic nitrogens is 2. The molecule has 1 fully saturated rings. The van der Waals surface area contributed by atoms with Gasteiger partial charge < -0.3 is 5.32 Å². The maximum Gasteiger partial charge on any atom is 0.274 e. The number of aryl methyl sites for hydroxylation is 1. The summed E-state index contributed by atoms with van der Waals surface area (Å²) in [5, 5.41) is 2.72. The van der Waals surface area contributed by atoms with Gasteiger partial charge in [0.1, 0.15) is 11.3 Å². The summed E-state index contributed by atoms with van der Waals surface area (Å²) in [5.41, 5.74) is 2.40. The Labute approximate surface area is 174 Å². The predicted octanol–water partition coefficient (Wildman–Crippen LogP) is 1.36. The molecule has 3 heterocycles. The van der Waals surface area contributed by atoms with Crippen LogP contribution in [0.5, 0.6) is 0 Å². The Bertz CT molecular complexity index is 1330. The summed E-state index contributed by atoms with van der Waals surface area (Å²) in [6.45, 7) is 1.91. The number of hydrogen-bond acceptors (Lipinski definition) is 6. The van der Waals surface area contributed by atoms with E-state index >= 15 is 0 Å². The van der Waals surface area contributed by atoms with E-state index < -0.39 is 25.9 Å². The van der Waals surface area contributed by atoms with Crippen molar-refractivity contribution in [3.05, 3.63) is 60.0 Å². The van der Waals surface area contributed by atoms with E-state index in [9.17, 15) is 21.6 Å². The van der Waals surface area contributed by atoms with Gasteiger partial charge in [0.05, 0.1) is 22.6 Å². The third-order valence-corrected chi connectivity index (χ3v) is 8.17. The predicted molar refractivity (Wildman–Crippen MR) is 112 cm³/mol. The summed E-state index contributed by atoms with van der Waals surface area (Å²) >= 11 is 0. The zero-order valence-corrected chi connectivity index (χ0v) is 17.7. The fourth-order valence-corrected chi connectivity index (χ4v) is 6.39. The van der Waals surface area contributed by atoms with E-state index in [1.165, 1.54) is 30.5 Å². The number of imidazole rings is 1. The van der Waals surface area contributed by atoms with Crippen LogP contribution in [0, 0.1) is 6.92 Å². The summed E-state index contributed by atoms with van der Waals surface area (Å²) < 4.78 is 52.2. The molecule has 158 valence electrons. The number of fused-ring (bicyclic) bond motifs is 1. The first-order valence-electron chi connectivity index (χ1n) is 9.21. The molecule has 1 atom stereocenters. The molecule has 1 aliphatic rings. The summed E-state index contributed by atoms with van der Waals surface area (Å²) in [5.74, 6) is -0.592.